The third-order valence-corrected chi connectivity index (χ3v) is 5.14. The van der Waals surface area contributed by atoms with Crippen molar-refractivity contribution in [3.05, 3.63) is 24.3 Å². The van der Waals surface area contributed by atoms with Gasteiger partial charge in [0.05, 0.1) is 4.90 Å². The van der Waals surface area contributed by atoms with Crippen LogP contribution in [0.1, 0.15) is 6.42 Å². The van der Waals surface area contributed by atoms with Crippen LogP contribution >= 0.6 is 0 Å². The summed E-state index contributed by atoms with van der Waals surface area (Å²) in [7, 11) is -3.60. The molecule has 2 N–H and O–H groups in total. The molecule has 1 saturated heterocycles. The molecule has 1 aliphatic rings. The molecule has 9 heteroatoms. The van der Waals surface area contributed by atoms with Gasteiger partial charge in [0.1, 0.15) is 12.4 Å². The Bertz CT molecular complexity index is 590. The summed E-state index contributed by atoms with van der Waals surface area (Å²) >= 11 is 0. The predicted molar refractivity (Wildman–Crippen MR) is 87.1 cm³/mol. The van der Waals surface area contributed by atoms with Crippen LogP contribution < -0.4 is 14.8 Å². The lowest BCUT2D eigenvalue weighted by Gasteiger charge is -2.27. The molecule has 2 rings (SSSR count). The number of hydrogen-bond acceptors (Lipinski definition) is 5. The zero-order valence-electron chi connectivity index (χ0n) is 13.4. The van der Waals surface area contributed by atoms with Crippen LogP contribution in [0.4, 0.5) is 8.78 Å². The molecular formula is C15H23F2N3O3S. The fourth-order valence-electron chi connectivity index (χ4n) is 2.40. The van der Waals surface area contributed by atoms with Gasteiger partial charge in [-0.2, -0.15) is 0 Å². The van der Waals surface area contributed by atoms with Crippen molar-refractivity contribution >= 4 is 10.0 Å². The lowest BCUT2D eigenvalue weighted by molar-refractivity contribution is 0.0819. The van der Waals surface area contributed by atoms with E-state index < -0.39 is 23.1 Å². The lowest BCUT2D eigenvalue weighted by atomic mass is 10.3. The predicted octanol–water partition coefficient (Wildman–Crippen LogP) is 0.904. The van der Waals surface area contributed by atoms with Crippen molar-refractivity contribution in [2.45, 2.75) is 17.7 Å². The largest absolute Gasteiger partial charge is 0.488 e. The first-order valence-electron chi connectivity index (χ1n) is 7.91. The molecule has 0 atom stereocenters. The Balaban J connectivity index is 1.77. The SMILES string of the molecule is O=S(=O)(NCCCN1CCNCC1)c1ccc(OCC(F)F)cc1. The molecule has 1 aliphatic heterocycles. The van der Waals surface area contributed by atoms with E-state index in [0.717, 1.165) is 39.1 Å². The second-order valence-electron chi connectivity index (χ2n) is 5.52. The summed E-state index contributed by atoms with van der Waals surface area (Å²) in [5.74, 6) is 0.216. The van der Waals surface area contributed by atoms with Crippen molar-refractivity contribution in [1.82, 2.24) is 14.9 Å². The third kappa shape index (κ3) is 6.31. The summed E-state index contributed by atoms with van der Waals surface area (Å²) in [4.78, 5) is 2.38. The quantitative estimate of drug-likeness (QED) is 0.638. The van der Waals surface area contributed by atoms with Gasteiger partial charge in [0, 0.05) is 32.7 Å². The Kier molecular flexibility index (Phi) is 7.35. The third-order valence-electron chi connectivity index (χ3n) is 3.66. The Morgan fingerprint density at radius 3 is 2.50 bits per heavy atom. The maximum absolute atomic E-state index is 12.2. The van der Waals surface area contributed by atoms with Crippen LogP contribution in [0.5, 0.6) is 5.75 Å². The normalized spacial score (nSPS) is 16.5. The molecular weight excluding hydrogens is 340 g/mol. The van der Waals surface area contributed by atoms with E-state index in [1.807, 2.05) is 0 Å². The standard InChI is InChI=1S/C15H23F2N3O3S/c16-15(17)12-23-13-2-4-14(5-3-13)24(21,22)19-6-1-9-20-10-7-18-8-11-20/h2-5,15,18-19H,1,6-12H2. The molecule has 0 bridgehead atoms. The Morgan fingerprint density at radius 2 is 1.88 bits per heavy atom. The van der Waals surface area contributed by atoms with E-state index in [-0.39, 0.29) is 10.6 Å². The van der Waals surface area contributed by atoms with Gasteiger partial charge < -0.3 is 15.0 Å². The molecule has 0 unspecified atom stereocenters. The number of nitrogens with one attached hydrogen (secondary N) is 2. The minimum atomic E-state index is -3.60. The molecule has 1 fully saturated rings. The first kappa shape index (κ1) is 19.0. The average molecular weight is 363 g/mol. The number of benzene rings is 1. The lowest BCUT2D eigenvalue weighted by Crippen LogP contribution is -2.44. The highest BCUT2D eigenvalue weighted by Gasteiger charge is 2.14. The molecule has 0 radical (unpaired) electrons. The minimum absolute atomic E-state index is 0.0917. The number of sulfonamides is 1. The first-order chi connectivity index (χ1) is 11.5. The molecule has 0 spiro atoms. The summed E-state index contributed by atoms with van der Waals surface area (Å²) in [6, 6.07) is 5.44. The Hall–Kier alpha value is -1.29. The summed E-state index contributed by atoms with van der Waals surface area (Å²) in [5.41, 5.74) is 0. The van der Waals surface area contributed by atoms with Gasteiger partial charge in [-0.3, -0.25) is 0 Å². The van der Waals surface area contributed by atoms with Crippen molar-refractivity contribution in [2.75, 3.05) is 45.9 Å². The zero-order valence-corrected chi connectivity index (χ0v) is 14.2. The van der Waals surface area contributed by atoms with Gasteiger partial charge in [0.15, 0.2) is 0 Å². The maximum atomic E-state index is 12.2. The van der Waals surface area contributed by atoms with Crippen molar-refractivity contribution < 1.29 is 21.9 Å². The van der Waals surface area contributed by atoms with Crippen molar-refractivity contribution in [3.8, 4) is 5.75 Å². The second kappa shape index (κ2) is 9.26. The smallest absolute Gasteiger partial charge is 0.272 e. The van der Waals surface area contributed by atoms with Gasteiger partial charge >= 0.3 is 0 Å². The van der Waals surface area contributed by atoms with Crippen LogP contribution in [0.15, 0.2) is 29.2 Å². The molecule has 6 nitrogen and oxygen atoms in total. The summed E-state index contributed by atoms with van der Waals surface area (Å²) in [6.45, 7) is 4.38. The van der Waals surface area contributed by atoms with E-state index in [4.69, 9.17) is 4.74 Å². The van der Waals surface area contributed by atoms with E-state index >= 15 is 0 Å². The van der Waals surface area contributed by atoms with E-state index in [0.29, 0.717) is 6.54 Å². The summed E-state index contributed by atoms with van der Waals surface area (Å²) in [5, 5.41) is 3.27. The number of halogens is 2. The number of alkyl halides is 2. The van der Waals surface area contributed by atoms with Crippen LogP contribution in [0.25, 0.3) is 0 Å². The molecule has 1 aromatic rings. The van der Waals surface area contributed by atoms with Crippen LogP contribution in [0, 0.1) is 0 Å². The van der Waals surface area contributed by atoms with Crippen molar-refractivity contribution in [2.24, 2.45) is 0 Å². The highest BCUT2D eigenvalue weighted by atomic mass is 32.2. The van der Waals surface area contributed by atoms with Gasteiger partial charge in [-0.05, 0) is 37.2 Å². The van der Waals surface area contributed by atoms with Gasteiger partial charge in [-0.25, -0.2) is 21.9 Å². The number of piperazine rings is 1. The molecule has 1 aromatic carbocycles. The fraction of sp³-hybridized carbons (Fsp3) is 0.600. The number of ether oxygens (including phenoxy) is 1. The van der Waals surface area contributed by atoms with Gasteiger partial charge in [-0.1, -0.05) is 0 Å². The fourth-order valence-corrected chi connectivity index (χ4v) is 3.48. The molecule has 0 aromatic heterocycles. The van der Waals surface area contributed by atoms with Crippen LogP contribution in [-0.2, 0) is 10.0 Å². The molecule has 1 heterocycles. The van der Waals surface area contributed by atoms with Gasteiger partial charge in [0.25, 0.3) is 6.43 Å². The zero-order chi connectivity index (χ0) is 17.4. The van der Waals surface area contributed by atoms with Crippen LogP contribution in [0.3, 0.4) is 0 Å². The van der Waals surface area contributed by atoms with Crippen LogP contribution in [0.2, 0.25) is 0 Å². The highest BCUT2D eigenvalue weighted by molar-refractivity contribution is 7.89. The first-order valence-corrected chi connectivity index (χ1v) is 9.39. The van der Waals surface area contributed by atoms with Crippen molar-refractivity contribution in [1.29, 1.82) is 0 Å². The maximum Gasteiger partial charge on any atom is 0.272 e. The topological polar surface area (TPSA) is 70.7 Å². The van der Waals surface area contributed by atoms with E-state index in [1.165, 1.54) is 24.3 Å². The Labute approximate surface area is 141 Å². The monoisotopic (exact) mass is 363 g/mol. The number of nitrogens with zero attached hydrogens (tertiary/aromatic N) is 1. The van der Waals surface area contributed by atoms with Gasteiger partial charge in [0.2, 0.25) is 10.0 Å². The summed E-state index contributed by atoms with van der Waals surface area (Å²) < 4.78 is 55.8. The minimum Gasteiger partial charge on any atom is -0.488 e. The molecule has 0 amide bonds. The molecule has 136 valence electrons. The molecule has 0 saturated carbocycles. The van der Waals surface area contributed by atoms with Gasteiger partial charge in [-0.15, -0.1) is 0 Å². The van der Waals surface area contributed by atoms with E-state index in [1.54, 1.807) is 0 Å². The number of rotatable bonds is 9. The van der Waals surface area contributed by atoms with Crippen LogP contribution in [-0.4, -0.2) is 65.6 Å². The van der Waals surface area contributed by atoms with E-state index in [9.17, 15) is 17.2 Å². The second-order valence-corrected chi connectivity index (χ2v) is 7.28. The van der Waals surface area contributed by atoms with Crippen molar-refractivity contribution in [3.63, 3.8) is 0 Å². The number of hydrogen-bond donors (Lipinski definition) is 2. The average Bonchev–Trinajstić information content (AvgIpc) is 2.58. The summed E-state index contributed by atoms with van der Waals surface area (Å²) in [6.07, 6.45) is -1.83. The van der Waals surface area contributed by atoms with E-state index in [2.05, 4.69) is 14.9 Å². The Morgan fingerprint density at radius 1 is 1.21 bits per heavy atom. The molecule has 24 heavy (non-hydrogen) atoms. The molecule has 0 aliphatic carbocycles. The highest BCUT2D eigenvalue weighted by Crippen LogP contribution is 2.16.